The molecule has 5 nitrogen and oxygen atoms in total. The van der Waals surface area contributed by atoms with Crippen molar-refractivity contribution >= 4 is 17.7 Å². The smallest absolute Gasteiger partial charge is 0.407 e. The Morgan fingerprint density at radius 2 is 1.94 bits per heavy atom. The number of carbonyl (C=O) groups is 1. The fraction of sp³-hybridized carbons (Fsp3) is 0.480. The topological polar surface area (TPSA) is 50.8 Å². The van der Waals surface area contributed by atoms with E-state index in [-0.39, 0.29) is 23.7 Å². The maximum absolute atomic E-state index is 12.9. The average Bonchev–Trinajstić information content (AvgIpc) is 2.76. The molecule has 0 radical (unpaired) electrons. The minimum atomic E-state index is -0.330. The third kappa shape index (κ3) is 4.13. The van der Waals surface area contributed by atoms with E-state index in [1.54, 1.807) is 0 Å². The molecule has 1 amide bonds. The highest BCUT2D eigenvalue weighted by molar-refractivity contribution is 6.30. The summed E-state index contributed by atoms with van der Waals surface area (Å²) in [5.41, 5.74) is 2.80. The lowest BCUT2D eigenvalue weighted by Crippen LogP contribution is -2.53. The number of hydrogen-bond donors (Lipinski definition) is 1. The fourth-order valence-corrected chi connectivity index (χ4v) is 5.31. The van der Waals surface area contributed by atoms with Crippen LogP contribution in [0.2, 0.25) is 5.02 Å². The standard InChI is InChI=1S/C25H29ClN2O3/c1-25(2)15-30-21-13-18(17-4-3-5-19(26)12-17)6-7-20(21)23(25)27-24(29)31-22-14-28-10-8-16(22)9-11-28/h3-7,12-13,16,22-23H,8-11,14-15H2,1-2H3,(H,27,29)/t22-,23?/m0/s1. The van der Waals surface area contributed by atoms with Gasteiger partial charge in [0.25, 0.3) is 0 Å². The Balaban J connectivity index is 1.35. The molecule has 2 atom stereocenters. The Bertz CT molecular complexity index is 984. The van der Waals surface area contributed by atoms with Crippen LogP contribution in [0.15, 0.2) is 42.5 Å². The van der Waals surface area contributed by atoms with E-state index >= 15 is 0 Å². The van der Waals surface area contributed by atoms with Crippen molar-refractivity contribution in [2.75, 3.05) is 26.2 Å². The maximum Gasteiger partial charge on any atom is 0.407 e. The number of benzene rings is 2. The summed E-state index contributed by atoms with van der Waals surface area (Å²) < 4.78 is 12.0. The molecule has 0 aliphatic carbocycles. The van der Waals surface area contributed by atoms with E-state index in [1.165, 1.54) is 0 Å². The Morgan fingerprint density at radius 3 is 2.65 bits per heavy atom. The second-order valence-electron chi connectivity index (χ2n) is 9.70. The Labute approximate surface area is 188 Å². The number of piperidine rings is 3. The van der Waals surface area contributed by atoms with E-state index in [2.05, 4.69) is 30.1 Å². The van der Waals surface area contributed by atoms with Crippen LogP contribution in [-0.4, -0.2) is 43.3 Å². The average molecular weight is 441 g/mol. The first-order valence-electron chi connectivity index (χ1n) is 11.1. The molecule has 2 bridgehead atoms. The van der Waals surface area contributed by atoms with Gasteiger partial charge in [0.2, 0.25) is 0 Å². The van der Waals surface area contributed by atoms with Gasteiger partial charge in [0.05, 0.1) is 12.6 Å². The maximum atomic E-state index is 12.9. The number of halogens is 1. The highest BCUT2D eigenvalue weighted by Crippen LogP contribution is 2.44. The van der Waals surface area contributed by atoms with Gasteiger partial charge in [0.15, 0.2) is 0 Å². The Hall–Kier alpha value is -2.24. The highest BCUT2D eigenvalue weighted by Gasteiger charge is 2.41. The van der Waals surface area contributed by atoms with Gasteiger partial charge < -0.3 is 14.8 Å². The number of amides is 1. The van der Waals surface area contributed by atoms with Crippen LogP contribution in [0.25, 0.3) is 11.1 Å². The molecule has 6 heteroatoms. The first-order valence-corrected chi connectivity index (χ1v) is 11.5. The summed E-state index contributed by atoms with van der Waals surface area (Å²) in [5.74, 6) is 1.29. The number of alkyl carbamates (subject to hydrolysis) is 1. The molecule has 2 aromatic carbocycles. The minimum Gasteiger partial charge on any atom is -0.493 e. The monoisotopic (exact) mass is 440 g/mol. The van der Waals surface area contributed by atoms with Crippen LogP contribution in [-0.2, 0) is 4.74 Å². The summed E-state index contributed by atoms with van der Waals surface area (Å²) >= 11 is 6.16. The van der Waals surface area contributed by atoms with Gasteiger partial charge in [0.1, 0.15) is 11.9 Å². The van der Waals surface area contributed by atoms with E-state index in [9.17, 15) is 4.79 Å². The van der Waals surface area contributed by atoms with Crippen molar-refractivity contribution in [2.45, 2.75) is 38.8 Å². The van der Waals surface area contributed by atoms with Crippen molar-refractivity contribution in [3.63, 3.8) is 0 Å². The largest absolute Gasteiger partial charge is 0.493 e. The molecule has 4 aliphatic rings. The van der Waals surface area contributed by atoms with Crippen molar-refractivity contribution in [3.8, 4) is 16.9 Å². The number of nitrogens with one attached hydrogen (secondary N) is 1. The van der Waals surface area contributed by atoms with E-state index < -0.39 is 0 Å². The molecule has 0 aromatic heterocycles. The van der Waals surface area contributed by atoms with Gasteiger partial charge in [-0.25, -0.2) is 4.79 Å². The van der Waals surface area contributed by atoms with Crippen LogP contribution >= 0.6 is 11.6 Å². The zero-order valence-electron chi connectivity index (χ0n) is 18.1. The molecule has 31 heavy (non-hydrogen) atoms. The number of fused-ring (bicyclic) bond motifs is 4. The molecule has 1 N–H and O–H groups in total. The number of carbonyl (C=O) groups excluding carboxylic acids is 1. The quantitative estimate of drug-likeness (QED) is 0.704. The van der Waals surface area contributed by atoms with Gasteiger partial charge in [-0.15, -0.1) is 0 Å². The molecule has 1 unspecified atom stereocenters. The Morgan fingerprint density at radius 1 is 1.16 bits per heavy atom. The molecular formula is C25H29ClN2O3. The second-order valence-corrected chi connectivity index (χ2v) is 10.1. The molecule has 3 saturated heterocycles. The number of ether oxygens (including phenoxy) is 2. The molecule has 164 valence electrons. The number of hydrogen-bond acceptors (Lipinski definition) is 4. The predicted octanol–water partition coefficient (Wildman–Crippen LogP) is 5.29. The molecule has 3 fully saturated rings. The third-order valence-electron chi connectivity index (χ3n) is 6.98. The summed E-state index contributed by atoms with van der Waals surface area (Å²) in [7, 11) is 0. The van der Waals surface area contributed by atoms with Crippen molar-refractivity contribution < 1.29 is 14.3 Å². The predicted molar refractivity (Wildman–Crippen MR) is 121 cm³/mol. The first kappa shape index (κ1) is 20.7. The van der Waals surface area contributed by atoms with Crippen LogP contribution in [0.1, 0.15) is 38.3 Å². The van der Waals surface area contributed by atoms with Crippen molar-refractivity contribution in [1.29, 1.82) is 0 Å². The molecule has 0 saturated carbocycles. The first-order chi connectivity index (χ1) is 14.9. The molecular weight excluding hydrogens is 412 g/mol. The molecule has 2 aromatic rings. The zero-order chi connectivity index (χ0) is 21.6. The summed E-state index contributed by atoms with van der Waals surface area (Å²) in [6.45, 7) is 7.85. The van der Waals surface area contributed by atoms with Crippen LogP contribution in [0, 0.1) is 11.3 Å². The van der Waals surface area contributed by atoms with Crippen molar-refractivity contribution in [3.05, 3.63) is 53.1 Å². The normalized spacial score (nSPS) is 28.4. The summed E-state index contributed by atoms with van der Waals surface area (Å²) in [4.78, 5) is 15.3. The molecule has 0 spiro atoms. The summed E-state index contributed by atoms with van der Waals surface area (Å²) in [5, 5.41) is 3.86. The SMILES string of the molecule is CC1(C)COc2cc(-c3cccc(Cl)c3)ccc2C1NC(=O)O[C@H]1CN2CCC1CC2. The summed E-state index contributed by atoms with van der Waals surface area (Å²) in [6, 6.07) is 13.7. The molecule has 4 aliphatic heterocycles. The van der Waals surface area contributed by atoms with Crippen molar-refractivity contribution in [1.82, 2.24) is 10.2 Å². The number of rotatable bonds is 3. The van der Waals surface area contributed by atoms with Gasteiger partial charge in [0, 0.05) is 22.5 Å². The van der Waals surface area contributed by atoms with Gasteiger partial charge >= 0.3 is 6.09 Å². The van der Waals surface area contributed by atoms with Gasteiger partial charge in [-0.2, -0.15) is 0 Å². The van der Waals surface area contributed by atoms with E-state index in [4.69, 9.17) is 21.1 Å². The highest BCUT2D eigenvalue weighted by atomic mass is 35.5. The van der Waals surface area contributed by atoms with Crippen LogP contribution in [0.4, 0.5) is 4.79 Å². The second kappa shape index (κ2) is 8.03. The fourth-order valence-electron chi connectivity index (χ4n) is 5.12. The molecule has 6 rings (SSSR count). The Kier molecular flexibility index (Phi) is 5.35. The molecule has 4 heterocycles. The van der Waals surface area contributed by atoms with Gasteiger partial charge in [-0.3, -0.25) is 4.90 Å². The third-order valence-corrected chi connectivity index (χ3v) is 7.22. The van der Waals surface area contributed by atoms with Crippen LogP contribution in [0.3, 0.4) is 0 Å². The van der Waals surface area contributed by atoms with E-state index in [0.717, 1.165) is 54.9 Å². The van der Waals surface area contributed by atoms with Crippen LogP contribution < -0.4 is 10.1 Å². The minimum absolute atomic E-state index is 0.00451. The van der Waals surface area contributed by atoms with E-state index in [1.807, 2.05) is 36.4 Å². The van der Waals surface area contributed by atoms with E-state index in [0.29, 0.717) is 17.5 Å². The lowest BCUT2D eigenvalue weighted by Gasteiger charge is -2.44. The number of nitrogens with zero attached hydrogens (tertiary/aromatic N) is 1. The van der Waals surface area contributed by atoms with Crippen molar-refractivity contribution in [2.24, 2.45) is 11.3 Å². The summed E-state index contributed by atoms with van der Waals surface area (Å²) in [6.07, 6.45) is 1.91. The van der Waals surface area contributed by atoms with Gasteiger partial charge in [-0.1, -0.05) is 49.7 Å². The van der Waals surface area contributed by atoms with Gasteiger partial charge in [-0.05, 0) is 61.2 Å². The lowest BCUT2D eigenvalue weighted by molar-refractivity contribution is -0.0361. The lowest BCUT2D eigenvalue weighted by atomic mass is 9.78. The zero-order valence-corrected chi connectivity index (χ0v) is 18.8. The van der Waals surface area contributed by atoms with Crippen LogP contribution in [0.5, 0.6) is 5.75 Å².